The Morgan fingerprint density at radius 2 is 1.95 bits per heavy atom. The molecule has 7 heteroatoms. The molecular formula is C14H16ClN5O. The minimum atomic E-state index is -0.0233. The van der Waals surface area contributed by atoms with Crippen LogP contribution in [0.5, 0.6) is 0 Å². The predicted octanol–water partition coefficient (Wildman–Crippen LogP) is 2.03. The van der Waals surface area contributed by atoms with Gasteiger partial charge in [-0.2, -0.15) is 4.98 Å². The number of hydrogen-bond donors (Lipinski definition) is 2. The summed E-state index contributed by atoms with van der Waals surface area (Å²) in [5, 5.41) is 3.39. The van der Waals surface area contributed by atoms with E-state index in [2.05, 4.69) is 15.3 Å². The summed E-state index contributed by atoms with van der Waals surface area (Å²) in [6, 6.07) is 8.95. The Labute approximate surface area is 128 Å². The Kier molecular flexibility index (Phi) is 4.59. The van der Waals surface area contributed by atoms with Crippen LogP contribution in [0.3, 0.4) is 0 Å². The second kappa shape index (κ2) is 6.41. The maximum atomic E-state index is 11.8. The molecule has 21 heavy (non-hydrogen) atoms. The van der Waals surface area contributed by atoms with E-state index < -0.39 is 0 Å². The molecule has 1 amide bonds. The van der Waals surface area contributed by atoms with Crippen LogP contribution in [0, 0.1) is 0 Å². The number of hydrogen-bond acceptors (Lipinski definition) is 5. The molecule has 0 saturated heterocycles. The number of nitrogen functional groups attached to an aromatic ring is 1. The molecule has 2 rings (SSSR count). The van der Waals surface area contributed by atoms with E-state index in [1.54, 1.807) is 37.2 Å². The van der Waals surface area contributed by atoms with Crippen molar-refractivity contribution in [1.82, 2.24) is 14.9 Å². The van der Waals surface area contributed by atoms with Crippen molar-refractivity contribution >= 4 is 29.3 Å². The van der Waals surface area contributed by atoms with Crippen LogP contribution >= 0.6 is 11.6 Å². The summed E-state index contributed by atoms with van der Waals surface area (Å²) >= 11 is 5.80. The average molecular weight is 306 g/mol. The zero-order valence-electron chi connectivity index (χ0n) is 11.8. The fourth-order valence-corrected chi connectivity index (χ4v) is 1.93. The van der Waals surface area contributed by atoms with Crippen molar-refractivity contribution in [2.75, 3.05) is 25.1 Å². The standard InChI is InChI=1S/C14H16ClN5O/c1-20(2)13(21)10-5-3-9(4-6-10)8-17-12-7-11(15)18-14(16)19-12/h3-7H,8H2,1-2H3,(H3,16,17,18,19). The van der Waals surface area contributed by atoms with Gasteiger partial charge in [0, 0.05) is 32.3 Å². The summed E-state index contributed by atoms with van der Waals surface area (Å²) in [4.78, 5) is 21.1. The average Bonchev–Trinajstić information content (AvgIpc) is 2.44. The number of benzene rings is 1. The van der Waals surface area contributed by atoms with Crippen molar-refractivity contribution in [2.45, 2.75) is 6.54 Å². The zero-order valence-corrected chi connectivity index (χ0v) is 12.6. The molecule has 0 spiro atoms. The fraction of sp³-hybridized carbons (Fsp3) is 0.214. The third kappa shape index (κ3) is 4.06. The van der Waals surface area contributed by atoms with Crippen LogP contribution in [0.15, 0.2) is 30.3 Å². The number of nitrogens with two attached hydrogens (primary N) is 1. The Bertz CT molecular complexity index is 622. The molecule has 1 heterocycles. The molecule has 0 aliphatic rings. The number of nitrogens with one attached hydrogen (secondary N) is 1. The number of amides is 1. The highest BCUT2D eigenvalue weighted by molar-refractivity contribution is 6.29. The summed E-state index contributed by atoms with van der Waals surface area (Å²) in [7, 11) is 3.45. The lowest BCUT2D eigenvalue weighted by Gasteiger charge is -2.11. The van der Waals surface area contributed by atoms with Crippen molar-refractivity contribution in [3.63, 3.8) is 0 Å². The number of carbonyl (C=O) groups excluding carboxylic acids is 1. The number of nitrogens with zero attached hydrogens (tertiary/aromatic N) is 3. The molecule has 110 valence electrons. The van der Waals surface area contributed by atoms with Crippen LogP contribution in [0.2, 0.25) is 5.15 Å². The SMILES string of the molecule is CN(C)C(=O)c1ccc(CNc2cc(Cl)nc(N)n2)cc1. The molecule has 0 unspecified atom stereocenters. The lowest BCUT2D eigenvalue weighted by molar-refractivity contribution is 0.0827. The molecule has 0 aliphatic carbocycles. The maximum Gasteiger partial charge on any atom is 0.253 e. The van der Waals surface area contributed by atoms with Gasteiger partial charge in [-0.05, 0) is 17.7 Å². The molecule has 3 N–H and O–H groups in total. The van der Waals surface area contributed by atoms with Crippen molar-refractivity contribution in [1.29, 1.82) is 0 Å². The molecule has 0 radical (unpaired) electrons. The number of carbonyl (C=O) groups is 1. The lowest BCUT2D eigenvalue weighted by Crippen LogP contribution is -2.21. The van der Waals surface area contributed by atoms with E-state index in [4.69, 9.17) is 17.3 Å². The topological polar surface area (TPSA) is 84.1 Å². The van der Waals surface area contributed by atoms with E-state index in [9.17, 15) is 4.79 Å². The molecule has 6 nitrogen and oxygen atoms in total. The highest BCUT2D eigenvalue weighted by Crippen LogP contribution is 2.14. The van der Waals surface area contributed by atoms with Crippen LogP contribution in [0.1, 0.15) is 15.9 Å². The maximum absolute atomic E-state index is 11.8. The third-order valence-corrected chi connectivity index (χ3v) is 2.99. The van der Waals surface area contributed by atoms with Gasteiger partial charge in [0.1, 0.15) is 11.0 Å². The zero-order chi connectivity index (χ0) is 15.4. The fourth-order valence-electron chi connectivity index (χ4n) is 1.74. The summed E-state index contributed by atoms with van der Waals surface area (Å²) in [6.45, 7) is 0.545. The Balaban J connectivity index is 2.02. The van der Waals surface area contributed by atoms with Crippen molar-refractivity contribution in [3.8, 4) is 0 Å². The lowest BCUT2D eigenvalue weighted by atomic mass is 10.1. The van der Waals surface area contributed by atoms with Gasteiger partial charge in [-0.25, -0.2) is 4.98 Å². The number of rotatable bonds is 4. The van der Waals surface area contributed by atoms with Gasteiger partial charge in [0.15, 0.2) is 0 Å². The summed E-state index contributed by atoms with van der Waals surface area (Å²) in [5.74, 6) is 0.655. The number of anilines is 2. The smallest absolute Gasteiger partial charge is 0.253 e. The minimum Gasteiger partial charge on any atom is -0.368 e. The van der Waals surface area contributed by atoms with Crippen LogP contribution in [-0.2, 0) is 6.54 Å². The normalized spacial score (nSPS) is 10.2. The van der Waals surface area contributed by atoms with Crippen LogP contribution < -0.4 is 11.1 Å². The molecule has 0 saturated carbocycles. The number of halogens is 1. The molecular weight excluding hydrogens is 290 g/mol. The predicted molar refractivity (Wildman–Crippen MR) is 83.2 cm³/mol. The Morgan fingerprint density at radius 3 is 2.52 bits per heavy atom. The quantitative estimate of drug-likeness (QED) is 0.844. The molecule has 1 aromatic carbocycles. The Morgan fingerprint density at radius 1 is 1.29 bits per heavy atom. The van der Waals surface area contributed by atoms with E-state index in [0.717, 1.165) is 5.56 Å². The van der Waals surface area contributed by atoms with Gasteiger partial charge in [-0.15, -0.1) is 0 Å². The van der Waals surface area contributed by atoms with E-state index in [-0.39, 0.29) is 17.0 Å². The highest BCUT2D eigenvalue weighted by Gasteiger charge is 2.07. The first-order chi connectivity index (χ1) is 9.95. The summed E-state index contributed by atoms with van der Waals surface area (Å²) in [5.41, 5.74) is 7.18. The first-order valence-corrected chi connectivity index (χ1v) is 6.68. The van der Waals surface area contributed by atoms with E-state index in [1.165, 1.54) is 0 Å². The van der Waals surface area contributed by atoms with Gasteiger partial charge in [-0.3, -0.25) is 4.79 Å². The summed E-state index contributed by atoms with van der Waals surface area (Å²) < 4.78 is 0. The van der Waals surface area contributed by atoms with Gasteiger partial charge in [0.05, 0.1) is 0 Å². The van der Waals surface area contributed by atoms with Gasteiger partial charge in [0.25, 0.3) is 5.91 Å². The molecule has 0 aliphatic heterocycles. The molecule has 0 atom stereocenters. The molecule has 0 bridgehead atoms. The first kappa shape index (κ1) is 15.1. The summed E-state index contributed by atoms with van der Waals surface area (Å²) in [6.07, 6.45) is 0. The third-order valence-electron chi connectivity index (χ3n) is 2.79. The van der Waals surface area contributed by atoms with Crippen LogP contribution in [0.25, 0.3) is 0 Å². The van der Waals surface area contributed by atoms with E-state index in [1.807, 2.05) is 12.1 Å². The molecule has 1 aromatic heterocycles. The molecule has 2 aromatic rings. The van der Waals surface area contributed by atoms with Crippen LogP contribution in [0.4, 0.5) is 11.8 Å². The van der Waals surface area contributed by atoms with Gasteiger partial charge >= 0.3 is 0 Å². The number of aromatic nitrogens is 2. The minimum absolute atomic E-state index is 0.0233. The van der Waals surface area contributed by atoms with Gasteiger partial charge < -0.3 is 16.0 Å². The Hall–Kier alpha value is -2.34. The largest absolute Gasteiger partial charge is 0.368 e. The van der Waals surface area contributed by atoms with E-state index >= 15 is 0 Å². The van der Waals surface area contributed by atoms with Gasteiger partial charge in [-0.1, -0.05) is 23.7 Å². The van der Waals surface area contributed by atoms with Crippen molar-refractivity contribution in [2.24, 2.45) is 0 Å². The second-order valence-electron chi connectivity index (χ2n) is 4.68. The monoisotopic (exact) mass is 305 g/mol. The van der Waals surface area contributed by atoms with E-state index in [0.29, 0.717) is 17.9 Å². The highest BCUT2D eigenvalue weighted by atomic mass is 35.5. The molecule has 0 fully saturated rings. The first-order valence-electron chi connectivity index (χ1n) is 6.30. The van der Waals surface area contributed by atoms with Crippen molar-refractivity contribution in [3.05, 3.63) is 46.6 Å². The van der Waals surface area contributed by atoms with Gasteiger partial charge in [0.2, 0.25) is 5.95 Å². The van der Waals surface area contributed by atoms with Crippen LogP contribution in [-0.4, -0.2) is 34.9 Å². The second-order valence-corrected chi connectivity index (χ2v) is 5.07. The van der Waals surface area contributed by atoms with Crippen molar-refractivity contribution < 1.29 is 4.79 Å².